The first-order valence-corrected chi connectivity index (χ1v) is 9.47. The molecule has 21 heavy (non-hydrogen) atoms. The lowest BCUT2D eigenvalue weighted by Gasteiger charge is -2.56. The number of carbonyl (C=O) groups excluding carboxylic acids is 1. The normalized spacial score (nSPS) is 42.0. The van der Waals surface area contributed by atoms with Crippen molar-refractivity contribution in [3.05, 3.63) is 0 Å². The van der Waals surface area contributed by atoms with Gasteiger partial charge >= 0.3 is 0 Å². The Labute approximate surface area is 133 Å². The molecule has 4 bridgehead atoms. The summed E-state index contributed by atoms with van der Waals surface area (Å²) in [7, 11) is 0. The van der Waals surface area contributed by atoms with Crippen LogP contribution in [0.4, 0.5) is 0 Å². The van der Waals surface area contributed by atoms with Crippen molar-refractivity contribution in [1.29, 1.82) is 0 Å². The van der Waals surface area contributed by atoms with Gasteiger partial charge in [0.25, 0.3) is 0 Å². The summed E-state index contributed by atoms with van der Waals surface area (Å²) in [5.74, 6) is 3.86. The first-order chi connectivity index (χ1) is 10.1. The Bertz CT molecular complexity index is 394. The Morgan fingerprint density at radius 3 is 2.10 bits per heavy atom. The minimum Gasteiger partial charge on any atom is -0.356 e. The molecule has 0 aromatic carbocycles. The minimum atomic E-state index is 0.317. The van der Waals surface area contributed by atoms with Gasteiger partial charge in [-0.2, -0.15) is 0 Å². The third-order valence-corrected chi connectivity index (χ3v) is 7.13. The standard InChI is InChI=1S/C18H28ClNO/c19-4-3-17(1-2-17)12-20-16(21)11-18-8-13-5-14(9-18)7-15(6-13)10-18/h13-15H,1-12H2,(H,20,21). The van der Waals surface area contributed by atoms with Gasteiger partial charge in [-0.05, 0) is 86.4 Å². The van der Waals surface area contributed by atoms with Crippen LogP contribution in [-0.4, -0.2) is 18.3 Å². The van der Waals surface area contributed by atoms with E-state index in [0.717, 1.165) is 43.0 Å². The second-order valence-electron chi connectivity index (χ2n) is 8.81. The Kier molecular flexibility index (Phi) is 3.52. The van der Waals surface area contributed by atoms with E-state index in [0.29, 0.717) is 16.7 Å². The van der Waals surface area contributed by atoms with Gasteiger partial charge in [0.2, 0.25) is 5.91 Å². The third-order valence-electron chi connectivity index (χ3n) is 6.94. The second-order valence-corrected chi connectivity index (χ2v) is 9.19. The molecule has 0 aliphatic heterocycles. The highest BCUT2D eigenvalue weighted by Gasteiger charge is 2.51. The van der Waals surface area contributed by atoms with Crippen molar-refractivity contribution in [2.45, 2.75) is 64.2 Å². The molecule has 0 radical (unpaired) electrons. The fourth-order valence-corrected chi connectivity index (χ4v) is 6.49. The lowest BCUT2D eigenvalue weighted by molar-refractivity contribution is -0.129. The monoisotopic (exact) mass is 309 g/mol. The Hall–Kier alpha value is -0.240. The number of alkyl halides is 1. The van der Waals surface area contributed by atoms with Crippen molar-refractivity contribution in [2.75, 3.05) is 12.4 Å². The van der Waals surface area contributed by atoms with Gasteiger partial charge in [-0.15, -0.1) is 11.6 Å². The first kappa shape index (κ1) is 14.4. The third kappa shape index (κ3) is 2.85. The molecule has 1 N–H and O–H groups in total. The van der Waals surface area contributed by atoms with E-state index in [1.54, 1.807) is 0 Å². The van der Waals surface area contributed by atoms with Crippen molar-refractivity contribution < 1.29 is 4.79 Å². The van der Waals surface area contributed by atoms with Crippen LogP contribution in [0.5, 0.6) is 0 Å². The molecule has 0 atom stereocenters. The highest BCUT2D eigenvalue weighted by molar-refractivity contribution is 6.17. The van der Waals surface area contributed by atoms with Gasteiger partial charge in [0, 0.05) is 18.8 Å². The van der Waals surface area contributed by atoms with Crippen LogP contribution in [0.2, 0.25) is 0 Å². The molecule has 5 rings (SSSR count). The van der Waals surface area contributed by atoms with Crippen molar-refractivity contribution in [3.8, 4) is 0 Å². The summed E-state index contributed by atoms with van der Waals surface area (Å²) in [5, 5.41) is 3.25. The summed E-state index contributed by atoms with van der Waals surface area (Å²) in [5.41, 5.74) is 0.737. The van der Waals surface area contributed by atoms with E-state index < -0.39 is 0 Å². The van der Waals surface area contributed by atoms with E-state index >= 15 is 0 Å². The van der Waals surface area contributed by atoms with E-state index in [2.05, 4.69) is 5.32 Å². The molecule has 3 heteroatoms. The van der Waals surface area contributed by atoms with E-state index in [1.807, 2.05) is 0 Å². The summed E-state index contributed by atoms with van der Waals surface area (Å²) in [6.45, 7) is 0.866. The van der Waals surface area contributed by atoms with Crippen LogP contribution in [0.25, 0.3) is 0 Å². The molecule has 5 aliphatic rings. The average Bonchev–Trinajstić information content (AvgIpc) is 3.15. The predicted molar refractivity (Wildman–Crippen MR) is 85.2 cm³/mol. The van der Waals surface area contributed by atoms with Gasteiger partial charge in [0.05, 0.1) is 0 Å². The molecule has 0 heterocycles. The molecule has 0 unspecified atom stereocenters. The number of carbonyl (C=O) groups is 1. The van der Waals surface area contributed by atoms with Crippen LogP contribution in [0.1, 0.15) is 64.2 Å². The maximum Gasteiger partial charge on any atom is 0.220 e. The Morgan fingerprint density at radius 2 is 1.62 bits per heavy atom. The average molecular weight is 310 g/mol. The maximum atomic E-state index is 12.5. The number of hydrogen-bond acceptors (Lipinski definition) is 1. The predicted octanol–water partition coefficient (Wildman–Crippen LogP) is 4.12. The second kappa shape index (κ2) is 5.15. The lowest BCUT2D eigenvalue weighted by atomic mass is 9.49. The smallest absolute Gasteiger partial charge is 0.220 e. The van der Waals surface area contributed by atoms with Crippen LogP contribution >= 0.6 is 11.6 Å². The fraction of sp³-hybridized carbons (Fsp3) is 0.944. The SMILES string of the molecule is O=C(CC12CC3CC(CC(C3)C1)C2)NCC1(CCCl)CC1. The quantitative estimate of drug-likeness (QED) is 0.735. The summed E-state index contributed by atoms with van der Waals surface area (Å²) in [4.78, 5) is 12.5. The summed E-state index contributed by atoms with van der Waals surface area (Å²) in [6, 6.07) is 0. The van der Waals surface area contributed by atoms with E-state index in [-0.39, 0.29) is 0 Å². The zero-order chi connectivity index (χ0) is 14.5. The molecule has 0 aromatic heterocycles. The largest absolute Gasteiger partial charge is 0.356 e. The lowest BCUT2D eigenvalue weighted by Crippen LogP contribution is -2.48. The Morgan fingerprint density at radius 1 is 1.05 bits per heavy atom. The first-order valence-electron chi connectivity index (χ1n) is 8.93. The van der Waals surface area contributed by atoms with Crippen LogP contribution in [0.15, 0.2) is 0 Å². The Balaban J connectivity index is 1.32. The van der Waals surface area contributed by atoms with Crippen LogP contribution in [-0.2, 0) is 4.79 Å². The van der Waals surface area contributed by atoms with E-state index in [1.165, 1.54) is 51.4 Å². The topological polar surface area (TPSA) is 29.1 Å². The van der Waals surface area contributed by atoms with Gasteiger partial charge < -0.3 is 5.32 Å². The van der Waals surface area contributed by atoms with Gasteiger partial charge in [-0.25, -0.2) is 0 Å². The number of halogens is 1. The molecule has 0 spiro atoms. The van der Waals surface area contributed by atoms with Crippen molar-refractivity contribution >= 4 is 17.5 Å². The molecule has 0 saturated heterocycles. The molecule has 2 nitrogen and oxygen atoms in total. The summed E-state index contributed by atoms with van der Waals surface area (Å²) in [6.07, 6.45) is 12.7. The summed E-state index contributed by atoms with van der Waals surface area (Å²) < 4.78 is 0. The number of nitrogens with one attached hydrogen (secondary N) is 1. The summed E-state index contributed by atoms with van der Waals surface area (Å²) >= 11 is 5.87. The molecule has 5 saturated carbocycles. The van der Waals surface area contributed by atoms with Crippen LogP contribution in [0, 0.1) is 28.6 Å². The molecule has 5 fully saturated rings. The minimum absolute atomic E-state index is 0.317. The van der Waals surface area contributed by atoms with Gasteiger partial charge in [-0.3, -0.25) is 4.79 Å². The van der Waals surface area contributed by atoms with Crippen molar-refractivity contribution in [2.24, 2.45) is 28.6 Å². The molecular formula is C18H28ClNO. The maximum absolute atomic E-state index is 12.5. The number of amides is 1. The molecule has 118 valence electrons. The zero-order valence-corrected chi connectivity index (χ0v) is 13.8. The molecule has 1 amide bonds. The molecular weight excluding hydrogens is 282 g/mol. The van der Waals surface area contributed by atoms with Crippen molar-refractivity contribution in [3.63, 3.8) is 0 Å². The molecule has 0 aromatic rings. The van der Waals surface area contributed by atoms with Gasteiger partial charge in [0.15, 0.2) is 0 Å². The van der Waals surface area contributed by atoms with Gasteiger partial charge in [-0.1, -0.05) is 0 Å². The zero-order valence-electron chi connectivity index (χ0n) is 13.0. The fourth-order valence-electron chi connectivity index (χ4n) is 6.09. The van der Waals surface area contributed by atoms with Gasteiger partial charge in [0.1, 0.15) is 0 Å². The van der Waals surface area contributed by atoms with Crippen LogP contribution in [0.3, 0.4) is 0 Å². The number of hydrogen-bond donors (Lipinski definition) is 1. The van der Waals surface area contributed by atoms with E-state index in [9.17, 15) is 4.79 Å². The van der Waals surface area contributed by atoms with Crippen molar-refractivity contribution in [1.82, 2.24) is 5.32 Å². The number of rotatable bonds is 6. The van der Waals surface area contributed by atoms with Crippen LogP contribution < -0.4 is 5.32 Å². The highest BCUT2D eigenvalue weighted by atomic mass is 35.5. The molecule has 5 aliphatic carbocycles. The van der Waals surface area contributed by atoms with E-state index in [4.69, 9.17) is 11.6 Å². The highest BCUT2D eigenvalue weighted by Crippen LogP contribution is 2.61.